The molecule has 2 aromatic rings. The van der Waals surface area contributed by atoms with Crippen LogP contribution in [0.25, 0.3) is 11.7 Å². The van der Waals surface area contributed by atoms with E-state index in [1.165, 1.54) is 6.26 Å². The molecule has 4 rings (SSSR count). The summed E-state index contributed by atoms with van der Waals surface area (Å²) < 4.78 is 34.4. The maximum absolute atomic E-state index is 12.8. The zero-order chi connectivity index (χ0) is 20.6. The van der Waals surface area contributed by atoms with Gasteiger partial charge in [-0.05, 0) is 31.4 Å². The number of sulfone groups is 1. The number of amides is 1. The van der Waals surface area contributed by atoms with E-state index < -0.39 is 9.84 Å². The van der Waals surface area contributed by atoms with Crippen LogP contribution in [-0.2, 0) is 14.6 Å². The van der Waals surface area contributed by atoms with Gasteiger partial charge in [0.1, 0.15) is 6.07 Å². The Labute approximate surface area is 168 Å². The van der Waals surface area contributed by atoms with Gasteiger partial charge in [0.2, 0.25) is 17.5 Å². The van der Waals surface area contributed by atoms with Gasteiger partial charge in [0.15, 0.2) is 15.6 Å². The normalized spacial score (nSPS) is 21.8. The lowest BCUT2D eigenvalue weighted by Crippen LogP contribution is -2.45. The maximum atomic E-state index is 12.8. The topological polar surface area (TPSA) is 121 Å². The van der Waals surface area contributed by atoms with Gasteiger partial charge in [-0.2, -0.15) is 10.2 Å². The highest BCUT2D eigenvalue weighted by Gasteiger charge is 2.36. The van der Waals surface area contributed by atoms with Crippen molar-refractivity contribution in [3.63, 3.8) is 0 Å². The number of piperidine rings is 1. The fourth-order valence-electron chi connectivity index (χ4n) is 3.98. The van der Waals surface area contributed by atoms with Gasteiger partial charge in [-0.1, -0.05) is 0 Å². The third-order valence-corrected chi connectivity index (χ3v) is 7.43. The molecule has 4 heterocycles. The second-order valence-corrected chi connectivity index (χ2v) is 9.76. The molecule has 2 saturated heterocycles. The first-order valence-corrected chi connectivity index (χ1v) is 11.4. The molecule has 10 heteroatoms. The van der Waals surface area contributed by atoms with E-state index in [1.807, 2.05) is 4.90 Å². The Kier molecular flexibility index (Phi) is 5.08. The van der Waals surface area contributed by atoms with Gasteiger partial charge in [-0.15, -0.1) is 0 Å². The fraction of sp³-hybridized carbons (Fsp3) is 0.526. The number of aromatic nitrogens is 1. The van der Waals surface area contributed by atoms with Gasteiger partial charge < -0.3 is 18.6 Å². The van der Waals surface area contributed by atoms with Crippen LogP contribution in [-0.4, -0.2) is 61.9 Å². The minimum absolute atomic E-state index is 0.0129. The quantitative estimate of drug-likeness (QED) is 0.735. The molecule has 2 aliphatic rings. The summed E-state index contributed by atoms with van der Waals surface area (Å²) in [4.78, 5) is 20.6. The monoisotopic (exact) mass is 418 g/mol. The Balaban J connectivity index is 1.41. The number of furan rings is 1. The van der Waals surface area contributed by atoms with Crippen LogP contribution in [0.1, 0.15) is 25.0 Å². The van der Waals surface area contributed by atoms with Crippen LogP contribution in [0.15, 0.2) is 27.2 Å². The second-order valence-electron chi connectivity index (χ2n) is 7.53. The van der Waals surface area contributed by atoms with E-state index in [0.29, 0.717) is 44.0 Å². The second kappa shape index (κ2) is 7.55. The van der Waals surface area contributed by atoms with E-state index in [9.17, 15) is 18.5 Å². The van der Waals surface area contributed by atoms with Crippen molar-refractivity contribution in [3.8, 4) is 17.7 Å². The SMILES string of the molecule is CN(C(=O)C1CCN(c2oc(-c3ccco3)nc2C#N)CC1)[C@@H]1CCS(=O)(=O)C1. The molecule has 0 N–H and O–H groups in total. The molecule has 0 aromatic carbocycles. The predicted molar refractivity (Wildman–Crippen MR) is 104 cm³/mol. The standard InChI is InChI=1S/C19H22N4O5S/c1-22(14-6-10-29(25,26)12-14)18(24)13-4-7-23(8-5-13)19-15(11-20)21-17(28-19)16-3-2-9-27-16/h2-3,9,13-14H,4-8,10,12H2,1H3/t14-/m1/s1. The lowest BCUT2D eigenvalue weighted by molar-refractivity contribution is -0.136. The molecule has 0 aliphatic carbocycles. The molecule has 9 nitrogen and oxygen atoms in total. The van der Waals surface area contributed by atoms with Crippen LogP contribution in [0.4, 0.5) is 5.88 Å². The number of nitriles is 1. The van der Waals surface area contributed by atoms with Crippen LogP contribution in [0.3, 0.4) is 0 Å². The van der Waals surface area contributed by atoms with E-state index >= 15 is 0 Å². The summed E-state index contributed by atoms with van der Waals surface area (Å²) in [5, 5.41) is 9.40. The summed E-state index contributed by atoms with van der Waals surface area (Å²) in [6.07, 6.45) is 3.21. The molecule has 0 bridgehead atoms. The highest BCUT2D eigenvalue weighted by atomic mass is 32.2. The summed E-state index contributed by atoms with van der Waals surface area (Å²) in [6.45, 7) is 1.10. The summed E-state index contributed by atoms with van der Waals surface area (Å²) >= 11 is 0. The molecule has 1 amide bonds. The molecule has 1 atom stereocenters. The summed E-state index contributed by atoms with van der Waals surface area (Å²) in [7, 11) is -1.34. The summed E-state index contributed by atoms with van der Waals surface area (Å²) in [6, 6.07) is 5.24. The number of anilines is 1. The number of hydrogen-bond acceptors (Lipinski definition) is 8. The van der Waals surface area contributed by atoms with Crippen molar-refractivity contribution in [1.29, 1.82) is 5.26 Å². The molecule has 0 spiro atoms. The van der Waals surface area contributed by atoms with Crippen LogP contribution in [0, 0.1) is 17.2 Å². The summed E-state index contributed by atoms with van der Waals surface area (Å²) in [5.74, 6) is 1.10. The molecule has 0 radical (unpaired) electrons. The molecular formula is C19H22N4O5S. The zero-order valence-corrected chi connectivity index (χ0v) is 16.9. The van der Waals surface area contributed by atoms with Crippen molar-refractivity contribution < 1.29 is 22.0 Å². The average Bonchev–Trinajstić information content (AvgIpc) is 3.45. The third-order valence-electron chi connectivity index (χ3n) is 5.68. The third kappa shape index (κ3) is 3.87. The van der Waals surface area contributed by atoms with E-state index in [0.717, 1.165) is 0 Å². The minimum Gasteiger partial charge on any atom is -0.459 e. The van der Waals surface area contributed by atoms with Gasteiger partial charge in [0.25, 0.3) is 5.89 Å². The number of hydrogen-bond donors (Lipinski definition) is 0. The summed E-state index contributed by atoms with van der Waals surface area (Å²) in [5.41, 5.74) is 0.189. The smallest absolute Gasteiger partial charge is 0.266 e. The van der Waals surface area contributed by atoms with E-state index in [-0.39, 0.29) is 41.0 Å². The van der Waals surface area contributed by atoms with Crippen molar-refractivity contribution in [1.82, 2.24) is 9.88 Å². The molecule has 2 aliphatic heterocycles. The van der Waals surface area contributed by atoms with E-state index in [2.05, 4.69) is 11.1 Å². The highest BCUT2D eigenvalue weighted by molar-refractivity contribution is 7.91. The van der Waals surface area contributed by atoms with Crippen molar-refractivity contribution >= 4 is 21.6 Å². The van der Waals surface area contributed by atoms with Gasteiger partial charge in [-0.25, -0.2) is 8.42 Å². The van der Waals surface area contributed by atoms with E-state index in [1.54, 1.807) is 24.1 Å². The molecule has 29 heavy (non-hydrogen) atoms. The van der Waals surface area contributed by atoms with Crippen molar-refractivity contribution in [2.45, 2.75) is 25.3 Å². The Morgan fingerprint density at radius 3 is 2.69 bits per heavy atom. The number of rotatable bonds is 4. The Bertz CT molecular complexity index is 1030. The maximum Gasteiger partial charge on any atom is 0.266 e. The van der Waals surface area contributed by atoms with Gasteiger partial charge >= 0.3 is 0 Å². The Morgan fingerprint density at radius 1 is 1.34 bits per heavy atom. The average molecular weight is 418 g/mol. The van der Waals surface area contributed by atoms with Crippen molar-refractivity contribution in [3.05, 3.63) is 24.1 Å². The predicted octanol–water partition coefficient (Wildman–Crippen LogP) is 1.67. The first-order valence-electron chi connectivity index (χ1n) is 9.55. The lowest BCUT2D eigenvalue weighted by Gasteiger charge is -2.34. The minimum atomic E-state index is -3.03. The van der Waals surface area contributed by atoms with Gasteiger partial charge in [0, 0.05) is 32.1 Å². The van der Waals surface area contributed by atoms with E-state index in [4.69, 9.17) is 8.83 Å². The zero-order valence-electron chi connectivity index (χ0n) is 16.1. The highest BCUT2D eigenvalue weighted by Crippen LogP contribution is 2.32. The first-order chi connectivity index (χ1) is 13.9. The van der Waals surface area contributed by atoms with Crippen molar-refractivity contribution in [2.24, 2.45) is 5.92 Å². The fourth-order valence-corrected chi connectivity index (χ4v) is 5.76. The van der Waals surface area contributed by atoms with Gasteiger partial charge in [-0.3, -0.25) is 4.79 Å². The molecule has 154 valence electrons. The molecule has 0 saturated carbocycles. The number of carbonyl (C=O) groups excluding carboxylic acids is 1. The van der Waals surface area contributed by atoms with Crippen molar-refractivity contribution in [2.75, 3.05) is 36.5 Å². The molecule has 2 fully saturated rings. The Morgan fingerprint density at radius 2 is 2.10 bits per heavy atom. The van der Waals surface area contributed by atoms with Crippen LogP contribution in [0.2, 0.25) is 0 Å². The molecular weight excluding hydrogens is 396 g/mol. The number of nitrogens with zero attached hydrogens (tertiary/aromatic N) is 4. The number of carbonyl (C=O) groups is 1. The molecule has 2 aromatic heterocycles. The van der Waals surface area contributed by atoms with Crippen LogP contribution >= 0.6 is 0 Å². The van der Waals surface area contributed by atoms with Crippen LogP contribution in [0.5, 0.6) is 0 Å². The first kappa shape index (κ1) is 19.5. The Hall–Kier alpha value is -2.80. The largest absolute Gasteiger partial charge is 0.459 e. The lowest BCUT2D eigenvalue weighted by atomic mass is 9.94. The molecule has 0 unspecified atom stereocenters. The van der Waals surface area contributed by atoms with Gasteiger partial charge in [0.05, 0.1) is 17.8 Å². The number of oxazole rings is 1. The van der Waals surface area contributed by atoms with Crippen LogP contribution < -0.4 is 4.90 Å².